The molecule has 4 rings (SSSR count). The van der Waals surface area contributed by atoms with Gasteiger partial charge in [0.25, 0.3) is 0 Å². The van der Waals surface area contributed by atoms with Crippen LogP contribution in [0.1, 0.15) is 98.8 Å². The first kappa shape index (κ1) is 19.8. The lowest BCUT2D eigenvalue weighted by molar-refractivity contribution is -0.0437. The van der Waals surface area contributed by atoms with Crippen molar-refractivity contribution in [3.05, 3.63) is 23.8 Å². The van der Waals surface area contributed by atoms with Crippen molar-refractivity contribution in [2.24, 2.45) is 46.3 Å². The number of hydrogen-bond donors (Lipinski definition) is 0. The minimum Gasteiger partial charge on any atom is -0.0839 e. The van der Waals surface area contributed by atoms with Crippen LogP contribution in [0.3, 0.4) is 0 Å². The zero-order valence-electron chi connectivity index (χ0n) is 18.8. The third-order valence-corrected chi connectivity index (χ3v) is 9.81. The maximum atomic E-state index is 2.72. The van der Waals surface area contributed by atoms with E-state index >= 15 is 0 Å². The highest BCUT2D eigenvalue weighted by Crippen LogP contribution is 2.67. The van der Waals surface area contributed by atoms with Gasteiger partial charge in [0.2, 0.25) is 0 Å². The maximum Gasteiger partial charge on any atom is 0.00936 e. The summed E-state index contributed by atoms with van der Waals surface area (Å²) >= 11 is 0. The molecule has 0 unspecified atom stereocenters. The van der Waals surface area contributed by atoms with Gasteiger partial charge in [0.1, 0.15) is 0 Å². The predicted molar refractivity (Wildman–Crippen MR) is 118 cm³/mol. The van der Waals surface area contributed by atoms with E-state index in [4.69, 9.17) is 0 Å². The molecule has 0 radical (unpaired) electrons. The standard InChI is InChI=1S/C27H44/c1-19(2)9-8-10-20(3)23-14-15-24-22-13-12-21-11-6-7-17-26(21,4)25(22)16-18-27(23,24)5/h7,11,17,19-20,22-25H,6,8-10,12-16,18H2,1-5H3/t20-,22+,23-,24+,25+,26+,27-/m1/s1. The van der Waals surface area contributed by atoms with Gasteiger partial charge in [-0.05, 0) is 85.9 Å². The summed E-state index contributed by atoms with van der Waals surface area (Å²) in [4.78, 5) is 0. The van der Waals surface area contributed by atoms with E-state index in [1.54, 1.807) is 5.57 Å². The molecule has 3 saturated carbocycles. The highest BCUT2D eigenvalue weighted by Gasteiger charge is 2.58. The van der Waals surface area contributed by atoms with Crippen molar-refractivity contribution >= 4 is 0 Å². The Labute approximate surface area is 169 Å². The molecule has 0 aromatic carbocycles. The highest BCUT2D eigenvalue weighted by atomic mass is 14.6. The van der Waals surface area contributed by atoms with Gasteiger partial charge in [0, 0.05) is 5.41 Å². The van der Waals surface area contributed by atoms with Crippen molar-refractivity contribution in [2.45, 2.75) is 98.8 Å². The number of fused-ring (bicyclic) bond motifs is 5. The first-order chi connectivity index (χ1) is 12.9. The molecule has 0 aromatic heterocycles. The Kier molecular flexibility index (Phi) is 5.41. The van der Waals surface area contributed by atoms with E-state index in [0.717, 1.165) is 35.5 Å². The molecule has 0 heterocycles. The molecule has 0 aliphatic heterocycles. The summed E-state index contributed by atoms with van der Waals surface area (Å²) in [5, 5.41) is 0. The lowest BCUT2D eigenvalue weighted by Crippen LogP contribution is -2.49. The summed E-state index contributed by atoms with van der Waals surface area (Å²) in [6.45, 7) is 12.7. The Morgan fingerprint density at radius 2 is 1.81 bits per heavy atom. The van der Waals surface area contributed by atoms with Crippen LogP contribution in [0.2, 0.25) is 0 Å². The molecular weight excluding hydrogens is 324 g/mol. The summed E-state index contributed by atoms with van der Waals surface area (Å²) in [5.74, 6) is 5.70. The quantitative estimate of drug-likeness (QED) is 0.429. The van der Waals surface area contributed by atoms with Gasteiger partial charge in [0.15, 0.2) is 0 Å². The summed E-state index contributed by atoms with van der Waals surface area (Å²) < 4.78 is 0. The summed E-state index contributed by atoms with van der Waals surface area (Å²) in [6, 6.07) is 0. The van der Waals surface area contributed by atoms with Crippen LogP contribution in [-0.4, -0.2) is 0 Å². The average molecular weight is 369 g/mol. The molecule has 4 aliphatic carbocycles. The van der Waals surface area contributed by atoms with Crippen LogP contribution < -0.4 is 0 Å². The smallest absolute Gasteiger partial charge is 0.00936 e. The van der Waals surface area contributed by atoms with Gasteiger partial charge < -0.3 is 0 Å². The van der Waals surface area contributed by atoms with Gasteiger partial charge in [-0.25, -0.2) is 0 Å². The van der Waals surface area contributed by atoms with Crippen LogP contribution in [0.5, 0.6) is 0 Å². The lowest BCUT2D eigenvalue weighted by atomic mass is 9.47. The molecule has 0 N–H and O–H groups in total. The highest BCUT2D eigenvalue weighted by molar-refractivity contribution is 5.31. The second kappa shape index (κ2) is 7.38. The molecule has 27 heavy (non-hydrogen) atoms. The third kappa shape index (κ3) is 3.28. The average Bonchev–Trinajstić information content (AvgIpc) is 2.98. The van der Waals surface area contributed by atoms with Crippen LogP contribution in [-0.2, 0) is 0 Å². The second-order valence-corrected chi connectivity index (χ2v) is 11.6. The maximum absolute atomic E-state index is 2.72. The van der Waals surface area contributed by atoms with Gasteiger partial charge >= 0.3 is 0 Å². The molecule has 0 saturated heterocycles. The van der Waals surface area contributed by atoms with Crippen molar-refractivity contribution in [3.63, 3.8) is 0 Å². The Morgan fingerprint density at radius 1 is 1.00 bits per heavy atom. The monoisotopic (exact) mass is 368 g/mol. The molecule has 0 aromatic rings. The molecule has 0 bridgehead atoms. The molecule has 0 amide bonds. The fourth-order valence-electron chi connectivity index (χ4n) is 8.36. The first-order valence-electron chi connectivity index (χ1n) is 12.2. The minimum atomic E-state index is 0.392. The van der Waals surface area contributed by atoms with E-state index in [-0.39, 0.29) is 0 Å². The van der Waals surface area contributed by atoms with Crippen LogP contribution in [0.4, 0.5) is 0 Å². The molecule has 3 fully saturated rings. The summed E-state index contributed by atoms with van der Waals surface area (Å²) in [7, 11) is 0. The van der Waals surface area contributed by atoms with E-state index in [1.807, 2.05) is 0 Å². The molecule has 0 spiro atoms. The zero-order valence-corrected chi connectivity index (χ0v) is 18.8. The zero-order chi connectivity index (χ0) is 19.2. The van der Waals surface area contributed by atoms with Gasteiger partial charge in [-0.2, -0.15) is 0 Å². The lowest BCUT2D eigenvalue weighted by Gasteiger charge is -2.57. The van der Waals surface area contributed by atoms with E-state index in [2.05, 4.69) is 52.8 Å². The Hall–Kier alpha value is -0.520. The Bertz CT molecular complexity index is 595. The topological polar surface area (TPSA) is 0 Å². The van der Waals surface area contributed by atoms with E-state index < -0.39 is 0 Å². The van der Waals surface area contributed by atoms with Gasteiger partial charge in [-0.15, -0.1) is 0 Å². The molecular formula is C27H44. The van der Waals surface area contributed by atoms with E-state index in [1.165, 1.54) is 64.2 Å². The largest absolute Gasteiger partial charge is 0.0839 e. The molecule has 0 heteroatoms. The Morgan fingerprint density at radius 3 is 2.59 bits per heavy atom. The van der Waals surface area contributed by atoms with Crippen molar-refractivity contribution in [1.29, 1.82) is 0 Å². The van der Waals surface area contributed by atoms with Crippen LogP contribution in [0.15, 0.2) is 23.8 Å². The minimum absolute atomic E-state index is 0.392. The number of rotatable bonds is 5. The molecule has 4 aliphatic rings. The van der Waals surface area contributed by atoms with E-state index in [0.29, 0.717) is 10.8 Å². The third-order valence-electron chi connectivity index (χ3n) is 9.81. The van der Waals surface area contributed by atoms with Crippen LogP contribution >= 0.6 is 0 Å². The molecule has 152 valence electrons. The second-order valence-electron chi connectivity index (χ2n) is 11.6. The normalized spacial score (nSPS) is 44.4. The van der Waals surface area contributed by atoms with Crippen molar-refractivity contribution in [1.82, 2.24) is 0 Å². The van der Waals surface area contributed by atoms with Crippen molar-refractivity contribution < 1.29 is 0 Å². The number of allylic oxidation sites excluding steroid dienone is 4. The van der Waals surface area contributed by atoms with Crippen LogP contribution in [0, 0.1) is 46.3 Å². The fourth-order valence-corrected chi connectivity index (χ4v) is 8.36. The van der Waals surface area contributed by atoms with Crippen molar-refractivity contribution in [3.8, 4) is 0 Å². The molecule has 0 nitrogen and oxygen atoms in total. The summed E-state index contributed by atoms with van der Waals surface area (Å²) in [5.41, 5.74) is 2.81. The number of hydrogen-bond acceptors (Lipinski definition) is 0. The first-order valence-corrected chi connectivity index (χ1v) is 12.2. The SMILES string of the molecule is CC(C)CCC[C@@H](C)[C@H]1CC[C@H]2[C@@H]3CCC4=CCC=C[C@]4(C)[C@H]3CC[C@]12C. The predicted octanol–water partition coefficient (Wildman–Crippen LogP) is 8.19. The fraction of sp³-hybridized carbons (Fsp3) is 0.852. The van der Waals surface area contributed by atoms with Gasteiger partial charge in [-0.3, -0.25) is 0 Å². The van der Waals surface area contributed by atoms with E-state index in [9.17, 15) is 0 Å². The Balaban J connectivity index is 1.49. The van der Waals surface area contributed by atoms with Crippen LogP contribution in [0.25, 0.3) is 0 Å². The molecule has 7 atom stereocenters. The van der Waals surface area contributed by atoms with Gasteiger partial charge in [-0.1, -0.05) is 77.7 Å². The van der Waals surface area contributed by atoms with Gasteiger partial charge in [0.05, 0.1) is 0 Å². The summed E-state index contributed by atoms with van der Waals surface area (Å²) in [6.07, 6.45) is 22.0. The van der Waals surface area contributed by atoms with Crippen molar-refractivity contribution in [2.75, 3.05) is 0 Å².